The van der Waals surface area contributed by atoms with Crippen molar-refractivity contribution in [2.75, 3.05) is 7.11 Å². The Hall–Kier alpha value is -1.94. The molecule has 0 bridgehead atoms. The van der Waals surface area contributed by atoms with Crippen molar-refractivity contribution in [3.8, 4) is 5.75 Å². The number of nitrogens with zero attached hydrogens (tertiary/aromatic N) is 1. The fourth-order valence-corrected chi connectivity index (χ4v) is 3.64. The van der Waals surface area contributed by atoms with Gasteiger partial charge in [0.25, 0.3) is 0 Å². The highest BCUT2D eigenvalue weighted by Gasteiger charge is 2.10. The number of ether oxygens (including phenoxy) is 1. The monoisotopic (exact) mass is 312 g/mol. The Morgan fingerprint density at radius 1 is 1.18 bits per heavy atom. The molecule has 0 aliphatic heterocycles. The highest BCUT2D eigenvalue weighted by molar-refractivity contribution is 7.98. The number of hydrogen-bond acceptors (Lipinski definition) is 3. The molecule has 3 nitrogen and oxygen atoms in total. The maximum atomic E-state index is 5.47. The Morgan fingerprint density at radius 3 is 2.77 bits per heavy atom. The van der Waals surface area contributed by atoms with Crippen LogP contribution in [0.25, 0.3) is 10.9 Å². The normalized spacial score (nSPS) is 11.1. The van der Waals surface area contributed by atoms with E-state index in [1.807, 2.05) is 13.1 Å². The minimum atomic E-state index is 0.828. The molecule has 3 rings (SSSR count). The Morgan fingerprint density at radius 2 is 2.00 bits per heavy atom. The van der Waals surface area contributed by atoms with Crippen LogP contribution in [-0.4, -0.2) is 17.1 Å². The summed E-state index contributed by atoms with van der Waals surface area (Å²) >= 11 is 1.77. The lowest BCUT2D eigenvalue weighted by atomic mass is 10.1. The first-order valence-electron chi connectivity index (χ1n) is 7.29. The van der Waals surface area contributed by atoms with Gasteiger partial charge < -0.3 is 9.72 Å². The van der Waals surface area contributed by atoms with Crippen LogP contribution in [0.1, 0.15) is 22.4 Å². The molecule has 0 saturated heterocycles. The number of aromatic amines is 1. The SMILES string of the molecule is COc1c(C)cnc(CSc2cc3cc(C)ccc3[nH]2)c1C. The van der Waals surface area contributed by atoms with Crippen molar-refractivity contribution in [2.45, 2.75) is 31.6 Å². The number of benzene rings is 1. The van der Waals surface area contributed by atoms with Crippen LogP contribution < -0.4 is 4.74 Å². The lowest BCUT2D eigenvalue weighted by molar-refractivity contribution is 0.407. The maximum Gasteiger partial charge on any atom is 0.128 e. The number of H-pyrrole nitrogens is 1. The third-order valence-corrected chi connectivity index (χ3v) is 4.81. The van der Waals surface area contributed by atoms with Crippen LogP contribution in [0.15, 0.2) is 35.5 Å². The zero-order valence-corrected chi connectivity index (χ0v) is 14.2. The zero-order chi connectivity index (χ0) is 15.7. The summed E-state index contributed by atoms with van der Waals surface area (Å²) in [5.74, 6) is 1.77. The van der Waals surface area contributed by atoms with Gasteiger partial charge in [0.1, 0.15) is 5.75 Å². The van der Waals surface area contributed by atoms with E-state index in [1.54, 1.807) is 18.9 Å². The number of pyridine rings is 1. The van der Waals surface area contributed by atoms with Gasteiger partial charge in [-0.1, -0.05) is 11.6 Å². The van der Waals surface area contributed by atoms with Crippen LogP contribution >= 0.6 is 11.8 Å². The van der Waals surface area contributed by atoms with E-state index in [9.17, 15) is 0 Å². The number of thioether (sulfide) groups is 1. The minimum absolute atomic E-state index is 0.828. The average molecular weight is 312 g/mol. The largest absolute Gasteiger partial charge is 0.496 e. The van der Waals surface area contributed by atoms with E-state index in [2.05, 4.69) is 48.1 Å². The molecule has 0 spiro atoms. The molecule has 0 radical (unpaired) electrons. The molecule has 1 N–H and O–H groups in total. The summed E-state index contributed by atoms with van der Waals surface area (Å²) in [4.78, 5) is 8.01. The van der Waals surface area contributed by atoms with Crippen LogP contribution in [0.4, 0.5) is 0 Å². The molecule has 0 saturated carbocycles. The van der Waals surface area contributed by atoms with E-state index in [1.165, 1.54) is 21.5 Å². The van der Waals surface area contributed by atoms with Gasteiger partial charge >= 0.3 is 0 Å². The molecule has 0 fully saturated rings. The topological polar surface area (TPSA) is 37.9 Å². The van der Waals surface area contributed by atoms with Crippen molar-refractivity contribution >= 4 is 22.7 Å². The summed E-state index contributed by atoms with van der Waals surface area (Å²) in [6.07, 6.45) is 1.89. The van der Waals surface area contributed by atoms with E-state index in [0.717, 1.165) is 28.3 Å². The van der Waals surface area contributed by atoms with Crippen LogP contribution in [0.3, 0.4) is 0 Å². The van der Waals surface area contributed by atoms with Gasteiger partial charge in [0.05, 0.1) is 17.8 Å². The number of aromatic nitrogens is 2. The van der Waals surface area contributed by atoms with E-state index in [4.69, 9.17) is 4.74 Å². The van der Waals surface area contributed by atoms with Crippen molar-refractivity contribution in [2.24, 2.45) is 0 Å². The molecule has 4 heteroatoms. The van der Waals surface area contributed by atoms with Gasteiger partial charge in [0, 0.05) is 34.0 Å². The first kappa shape index (κ1) is 15.0. The van der Waals surface area contributed by atoms with Crippen molar-refractivity contribution in [3.63, 3.8) is 0 Å². The molecular weight excluding hydrogens is 292 g/mol. The molecule has 2 aromatic heterocycles. The van der Waals surface area contributed by atoms with Crippen LogP contribution in [0.2, 0.25) is 0 Å². The number of hydrogen-bond donors (Lipinski definition) is 1. The summed E-state index contributed by atoms with van der Waals surface area (Å²) in [5.41, 5.74) is 5.74. The van der Waals surface area contributed by atoms with Gasteiger partial charge in [0.15, 0.2) is 0 Å². The van der Waals surface area contributed by atoms with Crippen molar-refractivity contribution in [1.29, 1.82) is 0 Å². The standard InChI is InChI=1S/C18H20N2OS/c1-11-5-6-15-14(7-11)8-17(20-15)22-10-16-13(3)18(21-4)12(2)9-19-16/h5-9,20H,10H2,1-4H3. The van der Waals surface area contributed by atoms with Gasteiger partial charge in [-0.15, -0.1) is 11.8 Å². The molecule has 2 heterocycles. The molecular formula is C18H20N2OS. The second-order valence-electron chi connectivity index (χ2n) is 5.56. The van der Waals surface area contributed by atoms with Gasteiger partial charge in [-0.05, 0) is 39.0 Å². The van der Waals surface area contributed by atoms with Gasteiger partial charge in [-0.25, -0.2) is 0 Å². The molecule has 3 aromatic rings. The quantitative estimate of drug-likeness (QED) is 0.704. The third-order valence-electron chi connectivity index (χ3n) is 3.87. The maximum absolute atomic E-state index is 5.47. The van der Waals surface area contributed by atoms with Gasteiger partial charge in [-0.3, -0.25) is 4.98 Å². The lowest BCUT2D eigenvalue weighted by Gasteiger charge is -2.11. The molecule has 0 amide bonds. The van der Waals surface area contributed by atoms with Crippen molar-refractivity contribution < 1.29 is 4.74 Å². The minimum Gasteiger partial charge on any atom is -0.496 e. The second-order valence-corrected chi connectivity index (χ2v) is 6.58. The first-order valence-corrected chi connectivity index (χ1v) is 8.28. The molecule has 1 aromatic carbocycles. The van der Waals surface area contributed by atoms with Crippen molar-refractivity contribution in [3.05, 3.63) is 52.8 Å². The van der Waals surface area contributed by atoms with Gasteiger partial charge in [-0.2, -0.15) is 0 Å². The van der Waals surface area contributed by atoms with Gasteiger partial charge in [0.2, 0.25) is 0 Å². The summed E-state index contributed by atoms with van der Waals surface area (Å²) in [7, 11) is 1.71. The van der Waals surface area contributed by atoms with E-state index >= 15 is 0 Å². The Balaban J connectivity index is 1.82. The highest BCUT2D eigenvalue weighted by Crippen LogP contribution is 2.30. The second kappa shape index (κ2) is 6.05. The Kier molecular flexibility index (Phi) is 4.12. The summed E-state index contributed by atoms with van der Waals surface area (Å²) in [6, 6.07) is 8.67. The molecule has 114 valence electrons. The number of nitrogens with one attached hydrogen (secondary N) is 1. The average Bonchev–Trinajstić information content (AvgIpc) is 2.89. The zero-order valence-electron chi connectivity index (χ0n) is 13.4. The number of rotatable bonds is 4. The predicted octanol–water partition coefficient (Wildman–Crippen LogP) is 4.79. The lowest BCUT2D eigenvalue weighted by Crippen LogP contribution is -1.98. The molecule has 0 unspecified atom stereocenters. The number of methoxy groups -OCH3 is 1. The Bertz CT molecular complexity index is 823. The number of aryl methyl sites for hydroxylation is 2. The van der Waals surface area contributed by atoms with Crippen molar-refractivity contribution in [1.82, 2.24) is 9.97 Å². The fourth-order valence-electron chi connectivity index (χ4n) is 2.67. The van der Waals surface area contributed by atoms with E-state index < -0.39 is 0 Å². The smallest absolute Gasteiger partial charge is 0.128 e. The van der Waals surface area contributed by atoms with E-state index in [-0.39, 0.29) is 0 Å². The first-order chi connectivity index (χ1) is 10.6. The molecule has 0 aliphatic rings. The van der Waals surface area contributed by atoms with Crippen LogP contribution in [0.5, 0.6) is 5.75 Å². The summed E-state index contributed by atoms with van der Waals surface area (Å²) in [5, 5.41) is 2.43. The third kappa shape index (κ3) is 2.83. The summed E-state index contributed by atoms with van der Waals surface area (Å²) < 4.78 is 5.47. The highest BCUT2D eigenvalue weighted by atomic mass is 32.2. The molecule has 22 heavy (non-hydrogen) atoms. The molecule has 0 aliphatic carbocycles. The summed E-state index contributed by atoms with van der Waals surface area (Å²) in [6.45, 7) is 6.21. The van der Waals surface area contributed by atoms with E-state index in [0.29, 0.717) is 0 Å². The predicted molar refractivity (Wildman–Crippen MR) is 92.9 cm³/mol. The van der Waals surface area contributed by atoms with Crippen LogP contribution in [0, 0.1) is 20.8 Å². The Labute approximate surface area is 135 Å². The van der Waals surface area contributed by atoms with Crippen LogP contribution in [-0.2, 0) is 5.75 Å². The fraction of sp³-hybridized carbons (Fsp3) is 0.278. The number of fused-ring (bicyclic) bond motifs is 1. The molecule has 0 atom stereocenters.